The van der Waals surface area contributed by atoms with E-state index in [4.69, 9.17) is 4.74 Å². The van der Waals surface area contributed by atoms with Crippen LogP contribution in [0.1, 0.15) is 11.1 Å². The Balaban J connectivity index is 1.67. The molecule has 0 radical (unpaired) electrons. The standard InChI is InChI=1S/C28H15N7O/c29-12-18-14-31-27(32-15-18)20-6-5-7-21(28-33-16-19(13-30)17-34-28)26(20)35-22-8-1-3-10-24(22)36-25-11-4-2-9-23(25)35/h1-11,14-17H. The van der Waals surface area contributed by atoms with E-state index in [2.05, 4.69) is 37.0 Å². The maximum atomic E-state index is 9.22. The van der Waals surface area contributed by atoms with Crippen molar-refractivity contribution in [2.24, 2.45) is 0 Å². The lowest BCUT2D eigenvalue weighted by atomic mass is 10.0. The van der Waals surface area contributed by atoms with Gasteiger partial charge >= 0.3 is 0 Å². The minimum absolute atomic E-state index is 0.369. The molecule has 0 aliphatic carbocycles. The van der Waals surface area contributed by atoms with Gasteiger partial charge in [-0.05, 0) is 36.4 Å². The van der Waals surface area contributed by atoms with Crippen LogP contribution < -0.4 is 9.64 Å². The van der Waals surface area contributed by atoms with Crippen molar-refractivity contribution in [1.29, 1.82) is 10.5 Å². The first-order valence-electron chi connectivity index (χ1n) is 11.0. The molecule has 1 aliphatic heterocycles. The summed E-state index contributed by atoms with van der Waals surface area (Å²) in [6.45, 7) is 0. The summed E-state index contributed by atoms with van der Waals surface area (Å²) in [6, 6.07) is 25.4. The molecule has 0 N–H and O–H groups in total. The van der Waals surface area contributed by atoms with Crippen molar-refractivity contribution in [1.82, 2.24) is 19.9 Å². The van der Waals surface area contributed by atoms with Gasteiger partial charge in [-0.15, -0.1) is 0 Å². The molecule has 0 saturated carbocycles. The van der Waals surface area contributed by atoms with Crippen LogP contribution in [0.4, 0.5) is 17.1 Å². The maximum Gasteiger partial charge on any atom is 0.161 e. The van der Waals surface area contributed by atoms with Crippen LogP contribution in [0.25, 0.3) is 22.8 Å². The number of aromatic nitrogens is 4. The van der Waals surface area contributed by atoms with E-state index >= 15 is 0 Å². The Kier molecular flexibility index (Phi) is 5.03. The molecular weight excluding hydrogens is 450 g/mol. The first kappa shape index (κ1) is 21.0. The molecule has 6 rings (SSSR count). The Bertz CT molecular complexity index is 1560. The number of nitriles is 2. The number of hydrogen-bond donors (Lipinski definition) is 0. The van der Waals surface area contributed by atoms with Crippen molar-refractivity contribution >= 4 is 17.1 Å². The summed E-state index contributed by atoms with van der Waals surface area (Å²) >= 11 is 0. The molecule has 1 aliphatic rings. The Morgan fingerprint density at radius 1 is 0.583 bits per heavy atom. The lowest BCUT2D eigenvalue weighted by Crippen LogP contribution is -2.18. The molecule has 0 amide bonds. The molecule has 0 bridgehead atoms. The van der Waals surface area contributed by atoms with Crippen molar-refractivity contribution in [3.05, 3.63) is 103 Å². The highest BCUT2D eigenvalue weighted by molar-refractivity contribution is 5.98. The Morgan fingerprint density at radius 2 is 1.03 bits per heavy atom. The predicted molar refractivity (Wildman–Crippen MR) is 133 cm³/mol. The zero-order valence-corrected chi connectivity index (χ0v) is 18.7. The van der Waals surface area contributed by atoms with Crippen molar-refractivity contribution in [3.63, 3.8) is 0 Å². The summed E-state index contributed by atoms with van der Waals surface area (Å²) in [7, 11) is 0. The van der Waals surface area contributed by atoms with Crippen molar-refractivity contribution in [2.75, 3.05) is 4.90 Å². The molecule has 0 unspecified atom stereocenters. The minimum atomic E-state index is 0.369. The van der Waals surface area contributed by atoms with Crippen LogP contribution in [0.5, 0.6) is 11.5 Å². The molecule has 3 aromatic carbocycles. The number of anilines is 3. The maximum absolute atomic E-state index is 9.22. The van der Waals surface area contributed by atoms with Gasteiger partial charge in [0, 0.05) is 35.9 Å². The van der Waals surface area contributed by atoms with Gasteiger partial charge in [0.05, 0.1) is 28.2 Å². The monoisotopic (exact) mass is 465 g/mol. The molecule has 8 nitrogen and oxygen atoms in total. The van der Waals surface area contributed by atoms with E-state index in [0.29, 0.717) is 34.3 Å². The second kappa shape index (κ2) is 8.64. The summed E-state index contributed by atoms with van der Waals surface area (Å²) in [5.74, 6) is 2.28. The summed E-state index contributed by atoms with van der Waals surface area (Å²) in [6.07, 6.45) is 5.99. The number of benzene rings is 3. The van der Waals surface area contributed by atoms with Gasteiger partial charge in [-0.25, -0.2) is 19.9 Å². The van der Waals surface area contributed by atoms with Crippen LogP contribution in [0.2, 0.25) is 0 Å². The van der Waals surface area contributed by atoms with Gasteiger partial charge in [0.15, 0.2) is 23.1 Å². The number of rotatable bonds is 3. The molecular formula is C28H15N7O. The number of para-hydroxylation sites is 5. The van der Waals surface area contributed by atoms with Gasteiger partial charge in [0.1, 0.15) is 12.1 Å². The van der Waals surface area contributed by atoms with Crippen LogP contribution in [0.3, 0.4) is 0 Å². The van der Waals surface area contributed by atoms with Crippen LogP contribution in [0.15, 0.2) is 91.5 Å². The van der Waals surface area contributed by atoms with E-state index in [1.54, 1.807) is 0 Å². The minimum Gasteiger partial charge on any atom is -0.453 e. The van der Waals surface area contributed by atoms with Gasteiger partial charge in [0.25, 0.3) is 0 Å². The third-order valence-electron chi connectivity index (χ3n) is 5.74. The highest BCUT2D eigenvalue weighted by Gasteiger charge is 2.30. The van der Waals surface area contributed by atoms with Gasteiger partial charge in [-0.2, -0.15) is 10.5 Å². The summed E-state index contributed by atoms with van der Waals surface area (Å²) in [5.41, 5.74) is 4.57. The molecule has 3 heterocycles. The molecule has 0 spiro atoms. The van der Waals surface area contributed by atoms with E-state index < -0.39 is 0 Å². The van der Waals surface area contributed by atoms with E-state index in [-0.39, 0.29) is 0 Å². The van der Waals surface area contributed by atoms with Crippen molar-refractivity contribution in [3.8, 4) is 46.4 Å². The van der Waals surface area contributed by atoms with Gasteiger partial charge < -0.3 is 9.64 Å². The summed E-state index contributed by atoms with van der Waals surface area (Å²) < 4.78 is 6.20. The van der Waals surface area contributed by atoms with Crippen LogP contribution in [-0.4, -0.2) is 19.9 Å². The molecule has 36 heavy (non-hydrogen) atoms. The average Bonchev–Trinajstić information content (AvgIpc) is 2.95. The highest BCUT2D eigenvalue weighted by Crippen LogP contribution is 2.53. The van der Waals surface area contributed by atoms with Gasteiger partial charge in [-0.1, -0.05) is 30.3 Å². The Hall–Kier alpha value is -5.60. The van der Waals surface area contributed by atoms with E-state index in [9.17, 15) is 10.5 Å². The third kappa shape index (κ3) is 3.47. The topological polar surface area (TPSA) is 112 Å². The fourth-order valence-corrected chi connectivity index (χ4v) is 4.14. The number of ether oxygens (including phenoxy) is 1. The molecule has 168 valence electrons. The molecule has 5 aromatic rings. The largest absolute Gasteiger partial charge is 0.453 e. The normalized spacial score (nSPS) is 11.4. The van der Waals surface area contributed by atoms with Gasteiger partial charge in [-0.3, -0.25) is 0 Å². The number of hydrogen-bond acceptors (Lipinski definition) is 8. The van der Waals surface area contributed by atoms with Crippen LogP contribution >= 0.6 is 0 Å². The van der Waals surface area contributed by atoms with Crippen LogP contribution in [-0.2, 0) is 0 Å². The fourth-order valence-electron chi connectivity index (χ4n) is 4.14. The lowest BCUT2D eigenvalue weighted by Gasteiger charge is -2.34. The lowest BCUT2D eigenvalue weighted by molar-refractivity contribution is 0.477. The van der Waals surface area contributed by atoms with Crippen LogP contribution in [0, 0.1) is 22.7 Å². The number of fused-ring (bicyclic) bond motifs is 2. The van der Waals surface area contributed by atoms with Crippen molar-refractivity contribution in [2.45, 2.75) is 0 Å². The average molecular weight is 465 g/mol. The van der Waals surface area contributed by atoms with Crippen molar-refractivity contribution < 1.29 is 4.74 Å². The van der Waals surface area contributed by atoms with E-state index in [0.717, 1.165) is 28.2 Å². The summed E-state index contributed by atoms with van der Waals surface area (Å²) in [4.78, 5) is 20.0. The third-order valence-corrected chi connectivity index (χ3v) is 5.74. The SMILES string of the molecule is N#Cc1cnc(-c2cccc(-c3ncc(C#N)cn3)c2N2c3ccccc3Oc3ccccc32)nc1. The quantitative estimate of drug-likeness (QED) is 0.317. The zero-order chi connectivity index (χ0) is 24.5. The first-order valence-corrected chi connectivity index (χ1v) is 11.0. The molecule has 0 saturated heterocycles. The highest BCUT2D eigenvalue weighted by atomic mass is 16.5. The zero-order valence-electron chi connectivity index (χ0n) is 18.7. The van der Waals surface area contributed by atoms with E-state index in [1.165, 1.54) is 24.8 Å². The first-order chi connectivity index (χ1) is 17.8. The molecule has 8 heteroatoms. The van der Waals surface area contributed by atoms with E-state index in [1.807, 2.05) is 66.7 Å². The van der Waals surface area contributed by atoms with Gasteiger partial charge in [0.2, 0.25) is 0 Å². The molecule has 2 aromatic heterocycles. The predicted octanol–water partition coefficient (Wildman–Crippen LogP) is 5.92. The number of nitrogens with zero attached hydrogens (tertiary/aromatic N) is 7. The molecule has 0 fully saturated rings. The second-order valence-corrected chi connectivity index (χ2v) is 7.89. The molecule has 0 atom stereocenters. The fraction of sp³-hybridized carbons (Fsp3) is 0. The smallest absolute Gasteiger partial charge is 0.161 e. The Morgan fingerprint density at radius 3 is 1.47 bits per heavy atom. The summed E-state index contributed by atoms with van der Waals surface area (Å²) in [5, 5.41) is 18.4. The second-order valence-electron chi connectivity index (χ2n) is 7.89. The Labute approximate surface area is 206 Å².